The molecule has 0 aliphatic heterocycles. The van der Waals surface area contributed by atoms with Crippen molar-refractivity contribution in [3.05, 3.63) is 0 Å². The highest BCUT2D eigenvalue weighted by molar-refractivity contribution is 4.85. The first-order valence-corrected chi connectivity index (χ1v) is 5.74. The number of aliphatic hydroxyl groups is 1. The van der Waals surface area contributed by atoms with Crippen molar-refractivity contribution in [2.75, 3.05) is 6.61 Å². The molecule has 0 aromatic carbocycles. The highest BCUT2D eigenvalue weighted by atomic mass is 16.3. The molecule has 0 aromatic rings. The molecule has 1 rings (SSSR count). The molecule has 3 nitrogen and oxygen atoms in total. The van der Waals surface area contributed by atoms with Gasteiger partial charge in [-0.15, -0.1) is 0 Å². The molecule has 0 amide bonds. The van der Waals surface area contributed by atoms with Crippen LogP contribution in [0.2, 0.25) is 0 Å². The second-order valence-corrected chi connectivity index (χ2v) is 4.95. The number of hydrogen-bond acceptors (Lipinski definition) is 3. The second-order valence-electron chi connectivity index (χ2n) is 4.95. The normalized spacial score (nSPS) is 29.8. The Morgan fingerprint density at radius 1 is 1.43 bits per heavy atom. The maximum absolute atomic E-state index is 9.21. The van der Waals surface area contributed by atoms with Gasteiger partial charge in [0.1, 0.15) is 0 Å². The fraction of sp³-hybridized carbons (Fsp3) is 1.00. The quantitative estimate of drug-likeness (QED) is 0.617. The van der Waals surface area contributed by atoms with E-state index in [-0.39, 0.29) is 12.6 Å². The maximum atomic E-state index is 9.21. The van der Waals surface area contributed by atoms with E-state index in [1.165, 1.54) is 0 Å². The van der Waals surface area contributed by atoms with E-state index in [9.17, 15) is 5.11 Å². The van der Waals surface area contributed by atoms with Crippen LogP contribution in [-0.2, 0) is 0 Å². The van der Waals surface area contributed by atoms with Crippen LogP contribution in [0.5, 0.6) is 0 Å². The third kappa shape index (κ3) is 3.95. The van der Waals surface area contributed by atoms with E-state index in [0.717, 1.165) is 25.7 Å². The van der Waals surface area contributed by atoms with E-state index in [0.29, 0.717) is 18.0 Å². The maximum Gasteiger partial charge on any atom is 0.0584 e. The minimum atomic E-state index is 0.240. The smallest absolute Gasteiger partial charge is 0.0584 e. The highest BCUT2D eigenvalue weighted by Crippen LogP contribution is 2.18. The van der Waals surface area contributed by atoms with Gasteiger partial charge in [-0.25, -0.2) is 0 Å². The predicted molar refractivity (Wildman–Crippen MR) is 59.1 cm³/mol. The number of aliphatic hydroxyl groups excluding tert-OH is 1. The fourth-order valence-corrected chi connectivity index (χ4v) is 2.27. The third-order valence-corrected chi connectivity index (χ3v) is 2.92. The van der Waals surface area contributed by atoms with Gasteiger partial charge in [-0.2, -0.15) is 0 Å². The topological polar surface area (TPSA) is 58.3 Å². The van der Waals surface area contributed by atoms with Gasteiger partial charge in [-0.3, -0.25) is 0 Å². The van der Waals surface area contributed by atoms with E-state index >= 15 is 0 Å². The van der Waals surface area contributed by atoms with Gasteiger partial charge in [0.05, 0.1) is 6.61 Å². The largest absolute Gasteiger partial charge is 0.395 e. The number of nitrogens with one attached hydrogen (secondary N) is 1. The summed E-state index contributed by atoms with van der Waals surface area (Å²) in [4.78, 5) is 0. The molecule has 4 N–H and O–H groups in total. The Balaban J connectivity index is 2.26. The van der Waals surface area contributed by atoms with Crippen molar-refractivity contribution < 1.29 is 5.11 Å². The van der Waals surface area contributed by atoms with Crippen molar-refractivity contribution in [2.24, 2.45) is 11.7 Å². The summed E-state index contributed by atoms with van der Waals surface area (Å²) < 4.78 is 0. The summed E-state index contributed by atoms with van der Waals surface area (Å²) in [6, 6.07) is 1.15. The Morgan fingerprint density at radius 3 is 2.57 bits per heavy atom. The minimum absolute atomic E-state index is 0.240. The molecular weight excluding hydrogens is 176 g/mol. The number of nitrogens with two attached hydrogens (primary N) is 1. The Hall–Kier alpha value is -0.120. The van der Waals surface area contributed by atoms with Crippen LogP contribution in [0.15, 0.2) is 0 Å². The summed E-state index contributed by atoms with van der Waals surface area (Å²) in [6.45, 7) is 4.61. The summed E-state index contributed by atoms with van der Waals surface area (Å²) in [5.41, 5.74) is 5.84. The molecule has 0 aromatic heterocycles. The zero-order valence-corrected chi connectivity index (χ0v) is 9.37. The molecule has 3 heteroatoms. The molecule has 0 saturated heterocycles. The van der Waals surface area contributed by atoms with Crippen LogP contribution in [0, 0.1) is 5.92 Å². The van der Waals surface area contributed by atoms with Gasteiger partial charge >= 0.3 is 0 Å². The van der Waals surface area contributed by atoms with Crippen molar-refractivity contribution in [3.63, 3.8) is 0 Å². The van der Waals surface area contributed by atoms with Crippen LogP contribution in [0.25, 0.3) is 0 Å². The Morgan fingerprint density at radius 2 is 2.14 bits per heavy atom. The minimum Gasteiger partial charge on any atom is -0.395 e. The molecule has 0 radical (unpaired) electrons. The molecule has 0 bridgehead atoms. The lowest BCUT2D eigenvalue weighted by atomic mass is 10.0. The van der Waals surface area contributed by atoms with E-state index in [1.807, 2.05) is 0 Å². The first kappa shape index (κ1) is 12.0. The SMILES string of the molecule is CC(C)CC(CO)NC1CCC(N)C1. The van der Waals surface area contributed by atoms with Gasteiger partial charge in [-0.1, -0.05) is 13.8 Å². The van der Waals surface area contributed by atoms with Crippen molar-refractivity contribution in [3.8, 4) is 0 Å². The van der Waals surface area contributed by atoms with E-state index in [4.69, 9.17) is 5.73 Å². The monoisotopic (exact) mass is 200 g/mol. The molecule has 0 heterocycles. The van der Waals surface area contributed by atoms with E-state index in [2.05, 4.69) is 19.2 Å². The number of rotatable bonds is 5. The first-order valence-electron chi connectivity index (χ1n) is 5.74. The standard InChI is InChI=1S/C11H24N2O/c1-8(2)5-11(7-14)13-10-4-3-9(12)6-10/h8-11,13-14H,3-7,12H2,1-2H3. The van der Waals surface area contributed by atoms with Gasteiger partial charge in [0.2, 0.25) is 0 Å². The number of hydrogen-bond donors (Lipinski definition) is 3. The fourth-order valence-electron chi connectivity index (χ4n) is 2.27. The van der Waals surface area contributed by atoms with Gasteiger partial charge in [-0.05, 0) is 31.6 Å². The van der Waals surface area contributed by atoms with Gasteiger partial charge in [0.15, 0.2) is 0 Å². The van der Waals surface area contributed by atoms with Crippen molar-refractivity contribution in [1.82, 2.24) is 5.32 Å². The van der Waals surface area contributed by atoms with Crippen LogP contribution in [-0.4, -0.2) is 29.8 Å². The van der Waals surface area contributed by atoms with Crippen LogP contribution < -0.4 is 11.1 Å². The molecule has 1 aliphatic carbocycles. The Bertz CT molecular complexity index is 161. The predicted octanol–water partition coefficient (Wildman–Crippen LogP) is 0.863. The van der Waals surface area contributed by atoms with Crippen LogP contribution >= 0.6 is 0 Å². The lowest BCUT2D eigenvalue weighted by molar-refractivity contribution is 0.212. The highest BCUT2D eigenvalue weighted by Gasteiger charge is 2.23. The van der Waals surface area contributed by atoms with Crippen LogP contribution in [0.3, 0.4) is 0 Å². The molecule has 3 atom stereocenters. The average Bonchev–Trinajstić information content (AvgIpc) is 2.49. The van der Waals surface area contributed by atoms with Crippen molar-refractivity contribution in [1.29, 1.82) is 0 Å². The summed E-state index contributed by atoms with van der Waals surface area (Å²) in [6.07, 6.45) is 4.39. The van der Waals surface area contributed by atoms with E-state index < -0.39 is 0 Å². The Labute approximate surface area is 87.1 Å². The molecule has 1 saturated carbocycles. The molecule has 14 heavy (non-hydrogen) atoms. The average molecular weight is 200 g/mol. The third-order valence-electron chi connectivity index (χ3n) is 2.92. The molecule has 0 spiro atoms. The molecule has 1 fully saturated rings. The Kier molecular flexibility index (Phi) is 4.85. The molecule has 3 unspecified atom stereocenters. The van der Waals surface area contributed by atoms with Gasteiger partial charge in [0, 0.05) is 18.1 Å². The first-order chi connectivity index (χ1) is 6.61. The summed E-state index contributed by atoms with van der Waals surface area (Å²) in [7, 11) is 0. The van der Waals surface area contributed by atoms with Crippen LogP contribution in [0.4, 0.5) is 0 Å². The second kappa shape index (κ2) is 5.69. The van der Waals surface area contributed by atoms with Gasteiger partial charge in [0.25, 0.3) is 0 Å². The van der Waals surface area contributed by atoms with Crippen molar-refractivity contribution >= 4 is 0 Å². The molecule has 1 aliphatic rings. The zero-order chi connectivity index (χ0) is 10.6. The summed E-state index contributed by atoms with van der Waals surface area (Å²) >= 11 is 0. The summed E-state index contributed by atoms with van der Waals surface area (Å²) in [5, 5.41) is 12.7. The molecular formula is C11H24N2O. The zero-order valence-electron chi connectivity index (χ0n) is 9.37. The lowest BCUT2D eigenvalue weighted by Crippen LogP contribution is -2.40. The van der Waals surface area contributed by atoms with Crippen molar-refractivity contribution in [2.45, 2.75) is 57.7 Å². The van der Waals surface area contributed by atoms with E-state index in [1.54, 1.807) is 0 Å². The summed E-state index contributed by atoms with van der Waals surface area (Å²) in [5.74, 6) is 0.634. The van der Waals surface area contributed by atoms with Crippen LogP contribution in [0.1, 0.15) is 39.5 Å². The van der Waals surface area contributed by atoms with Gasteiger partial charge < -0.3 is 16.2 Å². The lowest BCUT2D eigenvalue weighted by Gasteiger charge is -2.22. The molecule has 84 valence electrons.